The van der Waals surface area contributed by atoms with E-state index >= 15 is 0 Å². The van der Waals surface area contributed by atoms with Crippen molar-refractivity contribution in [3.8, 4) is 5.75 Å². The number of fused-ring (bicyclic) bond motifs is 1. The first-order valence-corrected chi connectivity index (χ1v) is 10.9. The van der Waals surface area contributed by atoms with Gasteiger partial charge in [0.25, 0.3) is 0 Å². The number of aliphatic hydroxyl groups excluding tert-OH is 1. The maximum atomic E-state index is 9.67. The van der Waals surface area contributed by atoms with Crippen molar-refractivity contribution in [1.29, 1.82) is 0 Å². The van der Waals surface area contributed by atoms with Crippen LogP contribution in [0.2, 0.25) is 0 Å². The predicted molar refractivity (Wildman–Crippen MR) is 122 cm³/mol. The monoisotopic (exact) mass is 407 g/mol. The van der Waals surface area contributed by atoms with Crippen molar-refractivity contribution in [3.05, 3.63) is 64.8 Å². The Morgan fingerprint density at radius 1 is 1.07 bits per heavy atom. The minimum absolute atomic E-state index is 0.224. The Kier molecular flexibility index (Phi) is 6.42. The number of hydrogen-bond acceptors (Lipinski definition) is 4. The molecule has 0 unspecified atom stereocenters. The zero-order chi connectivity index (χ0) is 21.1. The second-order valence-corrected chi connectivity index (χ2v) is 8.43. The predicted octanol–water partition coefficient (Wildman–Crippen LogP) is 3.86. The van der Waals surface area contributed by atoms with Crippen molar-refractivity contribution >= 4 is 10.9 Å². The molecule has 2 N–H and O–H groups in total. The van der Waals surface area contributed by atoms with E-state index in [-0.39, 0.29) is 6.61 Å². The Morgan fingerprint density at radius 3 is 2.67 bits per heavy atom. The van der Waals surface area contributed by atoms with Gasteiger partial charge in [0.2, 0.25) is 0 Å². The number of benzene rings is 2. The number of ether oxygens (including phenoxy) is 1. The molecule has 1 fully saturated rings. The number of para-hydroxylation sites is 1. The van der Waals surface area contributed by atoms with Crippen LogP contribution < -0.4 is 4.74 Å². The smallest absolute Gasteiger partial charge is 0.122 e. The number of aromatic nitrogens is 1. The summed E-state index contributed by atoms with van der Waals surface area (Å²) in [6.45, 7) is 9.39. The SMILES string of the molecule is COc1ccc(CN2CCN(Cc3cc4ccccc4[nH]3)C[C@H]2CCO)c(C)c1C. The largest absolute Gasteiger partial charge is 0.496 e. The van der Waals surface area contributed by atoms with Gasteiger partial charge in [0.15, 0.2) is 0 Å². The maximum Gasteiger partial charge on any atom is 0.122 e. The molecule has 0 saturated carbocycles. The lowest BCUT2D eigenvalue weighted by atomic mass is 10.00. The Balaban J connectivity index is 1.44. The highest BCUT2D eigenvalue weighted by atomic mass is 16.5. The molecule has 5 heteroatoms. The van der Waals surface area contributed by atoms with Gasteiger partial charge in [0, 0.05) is 56.6 Å². The number of nitrogens with zero attached hydrogens (tertiary/aromatic N) is 2. The van der Waals surface area contributed by atoms with Gasteiger partial charge in [-0.2, -0.15) is 0 Å². The first-order valence-electron chi connectivity index (χ1n) is 10.9. The molecular formula is C25H33N3O2. The second kappa shape index (κ2) is 9.21. The molecular weight excluding hydrogens is 374 g/mol. The number of H-pyrrole nitrogens is 1. The minimum Gasteiger partial charge on any atom is -0.496 e. The highest BCUT2D eigenvalue weighted by molar-refractivity contribution is 5.80. The number of rotatable bonds is 7. The summed E-state index contributed by atoms with van der Waals surface area (Å²) in [5, 5.41) is 10.9. The lowest BCUT2D eigenvalue weighted by molar-refractivity contribution is 0.0494. The Bertz CT molecular complexity index is 964. The van der Waals surface area contributed by atoms with E-state index in [9.17, 15) is 5.11 Å². The third-order valence-corrected chi connectivity index (χ3v) is 6.57. The van der Waals surface area contributed by atoms with Crippen LogP contribution in [-0.2, 0) is 13.1 Å². The van der Waals surface area contributed by atoms with E-state index in [0.29, 0.717) is 6.04 Å². The zero-order valence-corrected chi connectivity index (χ0v) is 18.3. The van der Waals surface area contributed by atoms with Crippen molar-refractivity contribution in [2.24, 2.45) is 0 Å². The number of aromatic amines is 1. The third kappa shape index (κ3) is 4.38. The van der Waals surface area contributed by atoms with Gasteiger partial charge in [-0.25, -0.2) is 0 Å². The molecule has 2 aromatic carbocycles. The van der Waals surface area contributed by atoms with Crippen LogP contribution in [0.15, 0.2) is 42.5 Å². The summed E-state index contributed by atoms with van der Waals surface area (Å²) in [6, 6.07) is 15.3. The Labute approximate surface area is 179 Å². The summed E-state index contributed by atoms with van der Waals surface area (Å²) in [4.78, 5) is 8.59. The van der Waals surface area contributed by atoms with E-state index in [2.05, 4.69) is 71.1 Å². The molecule has 4 rings (SSSR count). The molecule has 5 nitrogen and oxygen atoms in total. The van der Waals surface area contributed by atoms with E-state index in [1.807, 2.05) is 0 Å². The van der Waals surface area contributed by atoms with Crippen LogP contribution in [0.5, 0.6) is 5.75 Å². The number of nitrogens with one attached hydrogen (secondary N) is 1. The highest BCUT2D eigenvalue weighted by Gasteiger charge is 2.27. The number of aliphatic hydroxyl groups is 1. The molecule has 0 spiro atoms. The molecule has 2 heterocycles. The molecule has 0 bridgehead atoms. The molecule has 0 amide bonds. The molecule has 0 aliphatic carbocycles. The summed E-state index contributed by atoms with van der Waals surface area (Å²) < 4.78 is 5.47. The van der Waals surface area contributed by atoms with Gasteiger partial charge in [-0.15, -0.1) is 0 Å². The first-order chi connectivity index (χ1) is 14.6. The summed E-state index contributed by atoms with van der Waals surface area (Å²) >= 11 is 0. The molecule has 30 heavy (non-hydrogen) atoms. The van der Waals surface area contributed by atoms with Crippen molar-refractivity contribution < 1.29 is 9.84 Å². The van der Waals surface area contributed by atoms with E-state index in [1.165, 1.54) is 33.3 Å². The molecule has 160 valence electrons. The standard InChI is InChI=1S/C25H33N3O2/c1-18-19(2)25(30-3)9-8-21(18)15-28-12-11-27(17-23(28)10-13-29)16-22-14-20-6-4-5-7-24(20)26-22/h4-9,14,23,26,29H,10-13,15-17H2,1-3H3/t23-/m1/s1. The van der Waals surface area contributed by atoms with Crippen LogP contribution >= 0.6 is 0 Å². The molecule has 1 aliphatic heterocycles. The van der Waals surface area contributed by atoms with E-state index < -0.39 is 0 Å². The molecule has 1 saturated heterocycles. The molecule has 1 aliphatic rings. The van der Waals surface area contributed by atoms with E-state index in [0.717, 1.165) is 44.9 Å². The molecule has 0 radical (unpaired) electrons. The molecule has 1 aromatic heterocycles. The third-order valence-electron chi connectivity index (χ3n) is 6.57. The topological polar surface area (TPSA) is 51.7 Å². The van der Waals surface area contributed by atoms with Gasteiger partial charge in [-0.05, 0) is 60.5 Å². The molecule has 3 aromatic rings. The van der Waals surface area contributed by atoms with Crippen LogP contribution in [0, 0.1) is 13.8 Å². The Morgan fingerprint density at radius 2 is 1.90 bits per heavy atom. The first kappa shape index (κ1) is 20.9. The van der Waals surface area contributed by atoms with Crippen LogP contribution in [0.25, 0.3) is 10.9 Å². The summed E-state index contributed by atoms with van der Waals surface area (Å²) in [7, 11) is 1.73. The fourth-order valence-corrected chi connectivity index (χ4v) is 4.65. The minimum atomic E-state index is 0.224. The highest BCUT2D eigenvalue weighted by Crippen LogP contribution is 2.27. The number of piperazine rings is 1. The van der Waals surface area contributed by atoms with E-state index in [4.69, 9.17) is 4.74 Å². The number of methoxy groups -OCH3 is 1. The maximum absolute atomic E-state index is 9.67. The fraction of sp³-hybridized carbons (Fsp3) is 0.440. The van der Waals surface area contributed by atoms with Crippen LogP contribution in [0.1, 0.15) is 28.8 Å². The van der Waals surface area contributed by atoms with Crippen molar-refractivity contribution in [2.75, 3.05) is 33.4 Å². The van der Waals surface area contributed by atoms with Gasteiger partial charge in [-0.3, -0.25) is 9.80 Å². The fourth-order valence-electron chi connectivity index (χ4n) is 4.65. The van der Waals surface area contributed by atoms with Crippen LogP contribution in [0.3, 0.4) is 0 Å². The Hall–Kier alpha value is -2.34. The zero-order valence-electron chi connectivity index (χ0n) is 18.3. The lowest BCUT2D eigenvalue weighted by Crippen LogP contribution is -2.52. The quantitative estimate of drug-likeness (QED) is 0.624. The van der Waals surface area contributed by atoms with Crippen molar-refractivity contribution in [1.82, 2.24) is 14.8 Å². The molecule has 1 atom stereocenters. The summed E-state index contributed by atoms with van der Waals surface area (Å²) in [6.07, 6.45) is 0.803. The summed E-state index contributed by atoms with van der Waals surface area (Å²) in [5.41, 5.74) is 6.32. The van der Waals surface area contributed by atoms with Crippen molar-refractivity contribution in [2.45, 2.75) is 39.4 Å². The average molecular weight is 408 g/mol. The van der Waals surface area contributed by atoms with E-state index in [1.54, 1.807) is 7.11 Å². The second-order valence-electron chi connectivity index (χ2n) is 8.43. The number of hydrogen-bond donors (Lipinski definition) is 2. The van der Waals surface area contributed by atoms with Crippen LogP contribution in [0.4, 0.5) is 0 Å². The average Bonchev–Trinajstić information content (AvgIpc) is 3.16. The lowest BCUT2D eigenvalue weighted by Gasteiger charge is -2.41. The van der Waals surface area contributed by atoms with Gasteiger partial charge in [-0.1, -0.05) is 24.3 Å². The van der Waals surface area contributed by atoms with Gasteiger partial charge < -0.3 is 14.8 Å². The van der Waals surface area contributed by atoms with Crippen molar-refractivity contribution in [3.63, 3.8) is 0 Å². The van der Waals surface area contributed by atoms with Gasteiger partial charge in [0.05, 0.1) is 7.11 Å². The van der Waals surface area contributed by atoms with Crippen LogP contribution in [-0.4, -0.2) is 59.3 Å². The van der Waals surface area contributed by atoms with Gasteiger partial charge in [0.1, 0.15) is 5.75 Å². The van der Waals surface area contributed by atoms with Gasteiger partial charge >= 0.3 is 0 Å². The normalized spacial score (nSPS) is 18.2. The summed E-state index contributed by atoms with van der Waals surface area (Å²) in [5.74, 6) is 0.950.